The van der Waals surface area contributed by atoms with E-state index in [9.17, 15) is 0 Å². The van der Waals surface area contributed by atoms with Crippen LogP contribution < -0.4 is 0 Å². The summed E-state index contributed by atoms with van der Waals surface area (Å²) >= 11 is 0. The molecular formula is C41H25N3O. The van der Waals surface area contributed by atoms with E-state index in [2.05, 4.69) is 84.9 Å². The lowest BCUT2D eigenvalue weighted by Gasteiger charge is -2.11. The summed E-state index contributed by atoms with van der Waals surface area (Å²) in [5.41, 5.74) is 6.50. The lowest BCUT2D eigenvalue weighted by molar-refractivity contribution is 0.670. The third-order valence-corrected chi connectivity index (χ3v) is 8.52. The lowest BCUT2D eigenvalue weighted by Crippen LogP contribution is -2.00. The van der Waals surface area contributed by atoms with Crippen LogP contribution in [-0.4, -0.2) is 15.0 Å². The van der Waals surface area contributed by atoms with Crippen LogP contribution in [0.2, 0.25) is 0 Å². The van der Waals surface area contributed by atoms with E-state index in [0.29, 0.717) is 17.5 Å². The van der Waals surface area contributed by atoms with Crippen LogP contribution in [0.4, 0.5) is 0 Å². The molecule has 2 heterocycles. The summed E-state index contributed by atoms with van der Waals surface area (Å²) in [6.07, 6.45) is 0. The number of hydrogen-bond acceptors (Lipinski definition) is 4. The summed E-state index contributed by atoms with van der Waals surface area (Å²) in [5, 5.41) is 6.95. The monoisotopic (exact) mass is 575 g/mol. The SMILES string of the molecule is c1ccc(-c2nc(-c3ccccc3)nc(-c3cccc4c3oc3c(-c5cc6ccccc6c6ccccc56)cccc34)n2)cc1. The van der Waals surface area contributed by atoms with E-state index in [1.807, 2.05) is 66.7 Å². The van der Waals surface area contributed by atoms with Crippen LogP contribution in [0, 0.1) is 0 Å². The number of fused-ring (bicyclic) bond motifs is 6. The summed E-state index contributed by atoms with van der Waals surface area (Å²) in [7, 11) is 0. The number of nitrogens with zero attached hydrogens (tertiary/aromatic N) is 3. The van der Waals surface area contributed by atoms with Gasteiger partial charge in [0.1, 0.15) is 11.2 Å². The first-order chi connectivity index (χ1) is 22.3. The molecule has 0 atom stereocenters. The van der Waals surface area contributed by atoms with Crippen LogP contribution in [-0.2, 0) is 0 Å². The zero-order valence-corrected chi connectivity index (χ0v) is 24.2. The predicted molar refractivity (Wildman–Crippen MR) is 184 cm³/mol. The summed E-state index contributed by atoms with van der Waals surface area (Å²) in [4.78, 5) is 14.9. The van der Waals surface area contributed by atoms with Gasteiger partial charge in [-0.25, -0.2) is 15.0 Å². The van der Waals surface area contributed by atoms with Crippen molar-refractivity contribution in [2.75, 3.05) is 0 Å². The van der Waals surface area contributed by atoms with Crippen molar-refractivity contribution in [1.29, 1.82) is 0 Å². The Morgan fingerprint density at radius 3 is 1.49 bits per heavy atom. The van der Waals surface area contributed by atoms with Gasteiger partial charge in [-0.15, -0.1) is 0 Å². The Morgan fingerprint density at radius 2 is 0.822 bits per heavy atom. The number of benzene rings is 7. The van der Waals surface area contributed by atoms with Gasteiger partial charge in [-0.1, -0.05) is 140 Å². The summed E-state index contributed by atoms with van der Waals surface area (Å²) in [6.45, 7) is 0. The van der Waals surface area contributed by atoms with Gasteiger partial charge in [0.25, 0.3) is 0 Å². The van der Waals surface area contributed by atoms with E-state index in [-0.39, 0.29) is 0 Å². The average Bonchev–Trinajstić information content (AvgIpc) is 3.51. The minimum Gasteiger partial charge on any atom is -0.455 e. The minimum absolute atomic E-state index is 0.574. The normalized spacial score (nSPS) is 11.6. The van der Waals surface area contributed by atoms with E-state index in [4.69, 9.17) is 19.4 Å². The van der Waals surface area contributed by atoms with E-state index in [1.54, 1.807) is 0 Å². The highest BCUT2D eigenvalue weighted by atomic mass is 16.3. The second-order valence-corrected chi connectivity index (χ2v) is 11.2. The zero-order valence-electron chi connectivity index (χ0n) is 24.2. The Balaban J connectivity index is 1.30. The lowest BCUT2D eigenvalue weighted by atomic mass is 9.92. The van der Waals surface area contributed by atoms with E-state index in [1.165, 1.54) is 21.5 Å². The first kappa shape index (κ1) is 25.4. The Bertz CT molecular complexity index is 2480. The molecule has 0 N–H and O–H groups in total. The van der Waals surface area contributed by atoms with Gasteiger partial charge < -0.3 is 4.42 Å². The molecule has 0 unspecified atom stereocenters. The van der Waals surface area contributed by atoms with Crippen molar-refractivity contribution in [2.24, 2.45) is 0 Å². The molecular weight excluding hydrogens is 550 g/mol. The Kier molecular flexibility index (Phi) is 5.78. The molecule has 9 rings (SSSR count). The first-order valence-corrected chi connectivity index (χ1v) is 15.0. The van der Waals surface area contributed by atoms with Gasteiger partial charge in [0.15, 0.2) is 17.5 Å². The fraction of sp³-hybridized carbons (Fsp3) is 0. The second-order valence-electron chi connectivity index (χ2n) is 11.2. The first-order valence-electron chi connectivity index (χ1n) is 15.0. The topological polar surface area (TPSA) is 51.8 Å². The zero-order chi connectivity index (χ0) is 29.7. The number of furan rings is 1. The van der Waals surface area contributed by atoms with Crippen molar-refractivity contribution >= 4 is 43.5 Å². The second kappa shape index (κ2) is 10.2. The summed E-state index contributed by atoms with van der Waals surface area (Å²) < 4.78 is 6.88. The predicted octanol–water partition coefficient (Wildman–Crippen LogP) is 10.7. The molecule has 0 aliphatic rings. The summed E-state index contributed by atoms with van der Waals surface area (Å²) in [6, 6.07) is 52.2. The quantitative estimate of drug-likeness (QED) is 0.196. The van der Waals surface area contributed by atoms with Crippen molar-refractivity contribution in [2.45, 2.75) is 0 Å². The van der Waals surface area contributed by atoms with Crippen molar-refractivity contribution in [3.8, 4) is 45.3 Å². The molecule has 4 nitrogen and oxygen atoms in total. The van der Waals surface area contributed by atoms with Crippen LogP contribution in [0.15, 0.2) is 156 Å². The van der Waals surface area contributed by atoms with Crippen LogP contribution in [0.3, 0.4) is 0 Å². The molecule has 9 aromatic rings. The van der Waals surface area contributed by atoms with Gasteiger partial charge in [0.2, 0.25) is 0 Å². The molecule has 0 aliphatic heterocycles. The van der Waals surface area contributed by atoms with Crippen molar-refractivity contribution in [3.63, 3.8) is 0 Å². The average molecular weight is 576 g/mol. The standard InChI is InChI=1S/C41H25N3O/c1-3-13-26(14-4-1)39-42-40(27-15-5-2-6-16-27)44-41(43-39)35-24-12-22-33-32-21-11-23-34(37(32)45-38(33)35)36-25-28-17-7-8-18-29(28)30-19-9-10-20-31(30)36/h1-25H. The summed E-state index contributed by atoms with van der Waals surface area (Å²) in [5.74, 6) is 1.82. The highest BCUT2D eigenvalue weighted by Crippen LogP contribution is 2.42. The van der Waals surface area contributed by atoms with Crippen molar-refractivity contribution < 1.29 is 4.42 Å². The molecule has 7 aromatic carbocycles. The molecule has 0 saturated heterocycles. The van der Waals surface area contributed by atoms with E-state index < -0.39 is 0 Å². The van der Waals surface area contributed by atoms with Gasteiger partial charge in [-0.05, 0) is 39.2 Å². The fourth-order valence-corrected chi connectivity index (χ4v) is 6.41. The number of para-hydroxylation sites is 2. The van der Waals surface area contributed by atoms with Crippen molar-refractivity contribution in [1.82, 2.24) is 15.0 Å². The number of aromatic nitrogens is 3. The molecule has 2 aromatic heterocycles. The number of hydrogen-bond donors (Lipinski definition) is 0. The fourth-order valence-electron chi connectivity index (χ4n) is 6.41. The largest absolute Gasteiger partial charge is 0.455 e. The molecule has 0 amide bonds. The molecule has 0 radical (unpaired) electrons. The Labute approximate surface area is 259 Å². The van der Waals surface area contributed by atoms with E-state index >= 15 is 0 Å². The highest BCUT2D eigenvalue weighted by molar-refractivity contribution is 6.18. The maximum Gasteiger partial charge on any atom is 0.167 e. The Hall–Kier alpha value is -6.13. The van der Waals surface area contributed by atoms with Crippen LogP contribution in [0.5, 0.6) is 0 Å². The van der Waals surface area contributed by atoms with Gasteiger partial charge in [-0.3, -0.25) is 0 Å². The van der Waals surface area contributed by atoms with Gasteiger partial charge in [-0.2, -0.15) is 0 Å². The van der Waals surface area contributed by atoms with E-state index in [0.717, 1.165) is 49.8 Å². The van der Waals surface area contributed by atoms with Gasteiger partial charge >= 0.3 is 0 Å². The smallest absolute Gasteiger partial charge is 0.167 e. The molecule has 0 aliphatic carbocycles. The third-order valence-electron chi connectivity index (χ3n) is 8.52. The van der Waals surface area contributed by atoms with Gasteiger partial charge in [0.05, 0.1) is 5.56 Å². The molecule has 0 bridgehead atoms. The van der Waals surface area contributed by atoms with Gasteiger partial charge in [0, 0.05) is 27.5 Å². The molecule has 45 heavy (non-hydrogen) atoms. The molecule has 4 heteroatoms. The molecule has 0 saturated carbocycles. The Morgan fingerprint density at radius 1 is 0.333 bits per heavy atom. The van der Waals surface area contributed by atoms with Crippen LogP contribution in [0.1, 0.15) is 0 Å². The molecule has 0 fully saturated rings. The molecule has 210 valence electrons. The third kappa shape index (κ3) is 4.19. The minimum atomic E-state index is 0.574. The highest BCUT2D eigenvalue weighted by Gasteiger charge is 2.20. The number of rotatable bonds is 4. The maximum atomic E-state index is 6.88. The van der Waals surface area contributed by atoms with Crippen molar-refractivity contribution in [3.05, 3.63) is 152 Å². The van der Waals surface area contributed by atoms with Crippen LogP contribution in [0.25, 0.3) is 88.8 Å². The van der Waals surface area contributed by atoms with Crippen LogP contribution >= 0.6 is 0 Å². The maximum absolute atomic E-state index is 6.88. The molecule has 0 spiro atoms.